The second-order valence-corrected chi connectivity index (χ2v) is 12.8. The number of hydrogen-bond donors (Lipinski definition) is 0. The molecule has 0 atom stereocenters. The van der Waals surface area contributed by atoms with Crippen LogP contribution in [0.3, 0.4) is 0 Å². The number of hydrogen-bond acceptors (Lipinski definition) is 4. The van der Waals surface area contributed by atoms with Gasteiger partial charge in [0.1, 0.15) is 0 Å². The number of aromatic nitrogens is 1. The molecular formula is C39H34N4OZn. The van der Waals surface area contributed by atoms with E-state index in [2.05, 4.69) is 108 Å². The first-order valence-electron chi connectivity index (χ1n) is 15.0. The van der Waals surface area contributed by atoms with E-state index in [1.165, 1.54) is 11.1 Å². The maximum atomic E-state index is 12.4. The Kier molecular flexibility index (Phi) is 7.83. The number of rotatable bonds is 2. The number of fused-ring (bicyclic) bond motifs is 5. The van der Waals surface area contributed by atoms with Crippen LogP contribution >= 0.6 is 0 Å². The minimum atomic E-state index is -0.186. The van der Waals surface area contributed by atoms with Gasteiger partial charge in [-0.25, -0.2) is 9.98 Å². The maximum absolute atomic E-state index is 12.4. The third kappa shape index (κ3) is 5.53. The molecule has 0 spiro atoms. The molecule has 2 aromatic carbocycles. The van der Waals surface area contributed by atoms with E-state index >= 15 is 0 Å². The van der Waals surface area contributed by atoms with Crippen LogP contribution in [0.15, 0.2) is 123 Å². The average Bonchev–Trinajstić information content (AvgIpc) is 3.75. The molecule has 0 aliphatic carbocycles. The molecule has 218 valence electrons. The molecule has 4 aliphatic heterocycles. The van der Waals surface area contributed by atoms with Crippen molar-refractivity contribution >= 4 is 28.3 Å². The smallest absolute Gasteiger partial charge is 0.877 e. The largest absolute Gasteiger partial charge is 2.00 e. The molecule has 7 rings (SSSR count). The fourth-order valence-corrected chi connectivity index (χ4v) is 6.63. The van der Waals surface area contributed by atoms with Crippen LogP contribution in [0.1, 0.15) is 53.6 Å². The second kappa shape index (κ2) is 11.5. The van der Waals surface area contributed by atoms with E-state index in [1.807, 2.05) is 12.2 Å². The standard InChI is InChI=1S/C39H35N4O.Zn/c1-22-7-9-26(10-8-22)37-30-12-11-28(40-30)19-35-39(5,6)20-29(41-35)18-33-27(21-44)17-34(43-33)38(32-14-13-31(37)42-32)36-24(3)15-23(2)16-25(36)4;/h7-19,21H,20H2,1-6H3,(H-,40,41,42,43,44);/q-1;+2/p-1. The third-order valence-electron chi connectivity index (χ3n) is 8.72. The first-order chi connectivity index (χ1) is 21.1. The predicted octanol–water partition coefficient (Wildman–Crippen LogP) is 5.52. The molecule has 1 aromatic heterocycles. The van der Waals surface area contributed by atoms with E-state index in [-0.39, 0.29) is 24.9 Å². The second-order valence-electron chi connectivity index (χ2n) is 12.8. The Hall–Kier alpha value is -4.41. The molecule has 0 N–H and O–H groups in total. The number of allylic oxidation sites excluding steroid dienone is 8. The van der Waals surface area contributed by atoms with Crippen LogP contribution in [0.2, 0.25) is 0 Å². The maximum Gasteiger partial charge on any atom is 2.00 e. The molecule has 0 saturated heterocycles. The number of benzene rings is 2. The zero-order valence-electron chi connectivity index (χ0n) is 26.7. The van der Waals surface area contributed by atoms with E-state index in [0.29, 0.717) is 11.3 Å². The zero-order valence-corrected chi connectivity index (χ0v) is 29.7. The van der Waals surface area contributed by atoms with Crippen molar-refractivity contribution in [2.45, 2.75) is 48.0 Å². The average molecular weight is 640 g/mol. The Balaban J connectivity index is 0.00000357. The van der Waals surface area contributed by atoms with Crippen molar-refractivity contribution in [2.24, 2.45) is 20.4 Å². The van der Waals surface area contributed by atoms with E-state index in [9.17, 15) is 5.11 Å². The van der Waals surface area contributed by atoms with Crippen LogP contribution in [-0.4, -0.2) is 17.1 Å². The molecule has 0 amide bonds. The van der Waals surface area contributed by atoms with Gasteiger partial charge in [-0.1, -0.05) is 73.5 Å². The number of aryl methyl sites for hydroxylation is 4. The summed E-state index contributed by atoms with van der Waals surface area (Å²) in [4.78, 5) is 20.5. The van der Waals surface area contributed by atoms with Crippen molar-refractivity contribution in [1.29, 1.82) is 0 Å². The minimum absolute atomic E-state index is 0. The first-order valence-corrected chi connectivity index (χ1v) is 15.0. The molecule has 45 heavy (non-hydrogen) atoms. The van der Waals surface area contributed by atoms with Crippen molar-refractivity contribution in [2.75, 3.05) is 0 Å². The van der Waals surface area contributed by atoms with Crippen LogP contribution in [-0.2, 0) is 19.5 Å². The summed E-state index contributed by atoms with van der Waals surface area (Å²) in [5.74, 6) is 0. The molecule has 4 aliphatic rings. The van der Waals surface area contributed by atoms with Crippen molar-refractivity contribution in [3.63, 3.8) is 0 Å². The van der Waals surface area contributed by atoms with Gasteiger partial charge >= 0.3 is 19.5 Å². The van der Waals surface area contributed by atoms with Crippen LogP contribution in [0.25, 0.3) is 11.1 Å². The fraction of sp³-hybridized carbons (Fsp3) is 0.205. The Bertz CT molecular complexity index is 2120. The Morgan fingerprint density at radius 1 is 0.756 bits per heavy atom. The monoisotopic (exact) mass is 638 g/mol. The number of aliphatic imine (C=N–C) groups is 3. The summed E-state index contributed by atoms with van der Waals surface area (Å²) in [5, 5.41) is 14.0. The summed E-state index contributed by atoms with van der Waals surface area (Å²) in [6, 6.07) is 17.0. The van der Waals surface area contributed by atoms with E-state index in [0.717, 1.165) is 85.3 Å². The number of nitrogens with zero attached hydrogens (tertiary/aromatic N) is 4. The van der Waals surface area contributed by atoms with Gasteiger partial charge in [-0.2, -0.15) is 0 Å². The fourth-order valence-electron chi connectivity index (χ4n) is 6.63. The van der Waals surface area contributed by atoms with Crippen LogP contribution in [0.5, 0.6) is 0 Å². The topological polar surface area (TPSA) is 74.2 Å². The molecule has 5 heterocycles. The van der Waals surface area contributed by atoms with Gasteiger partial charge in [-0.3, -0.25) is 4.99 Å². The Morgan fingerprint density at radius 2 is 1.44 bits per heavy atom. The van der Waals surface area contributed by atoms with E-state index in [1.54, 1.807) is 0 Å². The summed E-state index contributed by atoms with van der Waals surface area (Å²) in [7, 11) is 0. The van der Waals surface area contributed by atoms with Crippen molar-refractivity contribution in [1.82, 2.24) is 4.98 Å². The quantitative estimate of drug-likeness (QED) is 0.274. The summed E-state index contributed by atoms with van der Waals surface area (Å²) in [5.41, 5.74) is 14.0. The SMILES string of the molecule is Cc1ccc(C2=c3ccc([n-]3)=C(c3c(C)cc(C)cc3C)C3=C/C(=C/[O-])C(=N3)C=C3CC(C)(C)C(=N3)C=C3C=CC2=N3)cc1.[Zn+2]. The molecular weight excluding hydrogens is 606 g/mol. The van der Waals surface area contributed by atoms with Crippen molar-refractivity contribution in [3.8, 4) is 0 Å². The summed E-state index contributed by atoms with van der Waals surface area (Å²) in [6.07, 6.45) is 11.7. The third-order valence-corrected chi connectivity index (χ3v) is 8.72. The summed E-state index contributed by atoms with van der Waals surface area (Å²) < 4.78 is 0. The molecule has 8 bridgehead atoms. The minimum Gasteiger partial charge on any atom is -0.877 e. The van der Waals surface area contributed by atoms with E-state index < -0.39 is 0 Å². The van der Waals surface area contributed by atoms with Gasteiger partial charge in [0.05, 0.1) is 22.8 Å². The molecule has 0 unspecified atom stereocenters. The Morgan fingerprint density at radius 3 is 2.13 bits per heavy atom. The van der Waals surface area contributed by atoms with Crippen LogP contribution in [0.4, 0.5) is 0 Å². The van der Waals surface area contributed by atoms with Crippen LogP contribution < -0.4 is 20.8 Å². The van der Waals surface area contributed by atoms with Gasteiger partial charge in [0.25, 0.3) is 0 Å². The van der Waals surface area contributed by atoms with Crippen molar-refractivity contribution < 1.29 is 24.6 Å². The predicted molar refractivity (Wildman–Crippen MR) is 178 cm³/mol. The molecule has 0 radical (unpaired) electrons. The summed E-state index contributed by atoms with van der Waals surface area (Å²) in [6.45, 7) is 12.9. The molecule has 5 nitrogen and oxygen atoms in total. The van der Waals surface area contributed by atoms with Crippen molar-refractivity contribution in [3.05, 3.63) is 152 Å². The van der Waals surface area contributed by atoms with Gasteiger partial charge in [0, 0.05) is 23.2 Å². The van der Waals surface area contributed by atoms with Gasteiger partial charge in [0.2, 0.25) is 0 Å². The van der Waals surface area contributed by atoms with E-state index in [4.69, 9.17) is 20.0 Å². The molecule has 6 heteroatoms. The zero-order chi connectivity index (χ0) is 30.7. The summed E-state index contributed by atoms with van der Waals surface area (Å²) >= 11 is 0. The van der Waals surface area contributed by atoms with Gasteiger partial charge in [-0.15, -0.1) is 17.0 Å². The molecule has 0 saturated carbocycles. The van der Waals surface area contributed by atoms with Gasteiger partial charge < -0.3 is 10.1 Å². The molecule has 3 aromatic rings. The van der Waals surface area contributed by atoms with Gasteiger partial charge in [-0.05, 0) is 97.0 Å². The van der Waals surface area contributed by atoms with Gasteiger partial charge in [0.15, 0.2) is 0 Å². The first kappa shape index (κ1) is 30.6. The van der Waals surface area contributed by atoms with Crippen LogP contribution in [0, 0.1) is 33.1 Å². The Labute approximate surface area is 277 Å². The molecule has 0 fully saturated rings. The normalized spacial score (nSPS) is 19.1.